The molecule has 0 saturated carbocycles. The molecule has 0 N–H and O–H groups in total. The Balaban J connectivity index is 0.00000144. The average molecular weight is 218 g/mol. The van der Waals surface area contributed by atoms with Crippen LogP contribution in [0, 0.1) is 0 Å². The van der Waals surface area contributed by atoms with Crippen molar-refractivity contribution in [3.8, 4) is 0 Å². The SMILES string of the molecule is F[B-](F)(F)CCN1C=NCCC1.[K+]. The average Bonchev–Trinajstić information content (AvgIpc) is 2.02. The summed E-state index contributed by atoms with van der Waals surface area (Å²) in [6.07, 6.45) is 1.69. The van der Waals surface area contributed by atoms with E-state index in [1.165, 1.54) is 6.34 Å². The minimum atomic E-state index is -4.63. The summed E-state index contributed by atoms with van der Waals surface area (Å²) in [4.78, 5) is 5.52. The van der Waals surface area contributed by atoms with E-state index in [-0.39, 0.29) is 57.9 Å². The summed E-state index contributed by atoms with van der Waals surface area (Å²) in [6.45, 7) is -3.12. The first-order valence-corrected chi connectivity index (χ1v) is 4.03. The summed E-state index contributed by atoms with van der Waals surface area (Å²) in [7, 11) is 0. The summed E-state index contributed by atoms with van der Waals surface area (Å²) in [5, 5.41) is 0. The summed E-state index contributed by atoms with van der Waals surface area (Å²) in [6, 6.07) is 0. The van der Waals surface area contributed by atoms with Crippen LogP contribution in [0.2, 0.25) is 6.32 Å². The van der Waals surface area contributed by atoms with Crippen molar-refractivity contribution in [2.24, 2.45) is 4.99 Å². The second-order valence-electron chi connectivity index (χ2n) is 2.91. The molecule has 0 aromatic rings. The van der Waals surface area contributed by atoms with Gasteiger partial charge in [0, 0.05) is 13.1 Å². The Morgan fingerprint density at radius 3 is 2.54 bits per heavy atom. The minimum absolute atomic E-state index is 0. The third-order valence-corrected chi connectivity index (χ3v) is 1.72. The quantitative estimate of drug-likeness (QED) is 0.530. The van der Waals surface area contributed by atoms with Gasteiger partial charge in [0.2, 0.25) is 0 Å². The predicted molar refractivity (Wildman–Crippen MR) is 43.4 cm³/mol. The molecule has 0 spiro atoms. The third kappa shape index (κ3) is 6.96. The molecule has 0 bridgehead atoms. The van der Waals surface area contributed by atoms with Gasteiger partial charge in [0.15, 0.2) is 0 Å². The number of nitrogens with zero attached hydrogens (tertiary/aromatic N) is 2. The van der Waals surface area contributed by atoms with Crippen LogP contribution in [0.25, 0.3) is 0 Å². The second kappa shape index (κ2) is 6.45. The van der Waals surface area contributed by atoms with Gasteiger partial charge < -0.3 is 17.8 Å². The van der Waals surface area contributed by atoms with E-state index >= 15 is 0 Å². The van der Waals surface area contributed by atoms with Crippen LogP contribution < -0.4 is 51.4 Å². The molecule has 2 nitrogen and oxygen atoms in total. The fourth-order valence-electron chi connectivity index (χ4n) is 1.08. The van der Waals surface area contributed by atoms with Crippen molar-refractivity contribution in [1.29, 1.82) is 0 Å². The summed E-state index contributed by atoms with van der Waals surface area (Å²) in [5.74, 6) is 0. The first kappa shape index (κ1) is 14.0. The van der Waals surface area contributed by atoms with E-state index in [1.54, 1.807) is 4.90 Å². The molecule has 0 fully saturated rings. The van der Waals surface area contributed by atoms with Crippen molar-refractivity contribution in [1.82, 2.24) is 4.90 Å². The Kier molecular flexibility index (Phi) is 6.92. The van der Waals surface area contributed by atoms with E-state index in [0.29, 0.717) is 6.54 Å². The van der Waals surface area contributed by atoms with Crippen molar-refractivity contribution in [3.63, 3.8) is 0 Å². The van der Waals surface area contributed by atoms with Crippen LogP contribution in [0.5, 0.6) is 0 Å². The van der Waals surface area contributed by atoms with Crippen LogP contribution in [0.1, 0.15) is 6.42 Å². The van der Waals surface area contributed by atoms with Gasteiger partial charge in [-0.2, -0.15) is 0 Å². The Bertz CT molecular complexity index is 174. The Hall–Kier alpha value is 0.961. The molecule has 1 rings (SSSR count). The number of aliphatic imine (C=N–C) groups is 1. The fourth-order valence-corrected chi connectivity index (χ4v) is 1.08. The fraction of sp³-hybridized carbons (Fsp3) is 0.833. The topological polar surface area (TPSA) is 15.6 Å². The van der Waals surface area contributed by atoms with Crippen LogP contribution in [0.4, 0.5) is 12.9 Å². The molecule has 13 heavy (non-hydrogen) atoms. The molecule has 0 saturated heterocycles. The van der Waals surface area contributed by atoms with E-state index in [4.69, 9.17) is 0 Å². The molecule has 0 amide bonds. The van der Waals surface area contributed by atoms with Crippen molar-refractivity contribution in [2.45, 2.75) is 12.7 Å². The Morgan fingerprint density at radius 1 is 1.38 bits per heavy atom. The van der Waals surface area contributed by atoms with Gasteiger partial charge >= 0.3 is 58.4 Å². The van der Waals surface area contributed by atoms with E-state index in [1.807, 2.05) is 0 Å². The standard InChI is InChI=1S/C6H11BF3N2.K/c8-7(9,10)2-5-12-4-1-3-11-6-12;/h6H,1-5H2;/q-1;+1. The number of hydrogen-bond donors (Lipinski definition) is 0. The van der Waals surface area contributed by atoms with Gasteiger partial charge in [0.25, 0.3) is 0 Å². The molecule has 1 heterocycles. The van der Waals surface area contributed by atoms with Gasteiger partial charge in [-0.3, -0.25) is 4.99 Å². The van der Waals surface area contributed by atoms with E-state index < -0.39 is 13.3 Å². The number of hydrogen-bond acceptors (Lipinski definition) is 2. The summed E-state index contributed by atoms with van der Waals surface area (Å²) >= 11 is 0. The molecule has 70 valence electrons. The van der Waals surface area contributed by atoms with E-state index in [0.717, 1.165) is 13.0 Å². The van der Waals surface area contributed by atoms with Crippen molar-refractivity contribution < 1.29 is 64.3 Å². The smallest absolute Gasteiger partial charge is 0.449 e. The van der Waals surface area contributed by atoms with Crippen molar-refractivity contribution in [2.75, 3.05) is 19.6 Å². The largest absolute Gasteiger partial charge is 1.00 e. The molecular weight excluding hydrogens is 207 g/mol. The monoisotopic (exact) mass is 218 g/mol. The first-order chi connectivity index (χ1) is 5.58. The molecule has 0 aromatic heterocycles. The molecule has 1 aliphatic heterocycles. The number of halogens is 3. The zero-order chi connectivity index (χ0) is 9.03. The van der Waals surface area contributed by atoms with Crippen LogP contribution >= 0.6 is 0 Å². The van der Waals surface area contributed by atoms with Crippen LogP contribution in [-0.2, 0) is 0 Å². The Morgan fingerprint density at radius 2 is 2.08 bits per heavy atom. The number of rotatable bonds is 3. The molecule has 0 radical (unpaired) electrons. The molecule has 0 aromatic carbocycles. The van der Waals surface area contributed by atoms with Crippen molar-refractivity contribution in [3.05, 3.63) is 0 Å². The third-order valence-electron chi connectivity index (χ3n) is 1.72. The van der Waals surface area contributed by atoms with Crippen LogP contribution in [0.3, 0.4) is 0 Å². The molecule has 0 atom stereocenters. The molecular formula is C6H11BF3KN2. The van der Waals surface area contributed by atoms with Crippen LogP contribution in [-0.4, -0.2) is 37.9 Å². The normalized spacial score (nSPS) is 17.0. The molecule has 1 aliphatic rings. The maximum Gasteiger partial charge on any atom is 1.00 e. The zero-order valence-electron chi connectivity index (χ0n) is 7.72. The van der Waals surface area contributed by atoms with E-state index in [9.17, 15) is 12.9 Å². The molecule has 0 aliphatic carbocycles. The van der Waals surface area contributed by atoms with Gasteiger partial charge in [-0.25, -0.2) is 0 Å². The summed E-state index contributed by atoms with van der Waals surface area (Å²) < 4.78 is 35.4. The zero-order valence-corrected chi connectivity index (χ0v) is 10.8. The van der Waals surface area contributed by atoms with Gasteiger partial charge in [0.05, 0.1) is 6.34 Å². The van der Waals surface area contributed by atoms with E-state index in [2.05, 4.69) is 4.99 Å². The van der Waals surface area contributed by atoms with Crippen LogP contribution in [0.15, 0.2) is 4.99 Å². The molecule has 0 unspecified atom stereocenters. The summed E-state index contributed by atoms with van der Waals surface area (Å²) in [5.41, 5.74) is 0. The second-order valence-corrected chi connectivity index (χ2v) is 2.91. The maximum absolute atomic E-state index is 11.8. The molecule has 7 heteroatoms. The van der Waals surface area contributed by atoms with Gasteiger partial charge in [0.1, 0.15) is 0 Å². The minimum Gasteiger partial charge on any atom is -0.449 e. The van der Waals surface area contributed by atoms with Gasteiger partial charge in [-0.05, 0) is 13.0 Å². The van der Waals surface area contributed by atoms with Gasteiger partial charge in [-0.1, -0.05) is 6.32 Å². The maximum atomic E-state index is 11.8. The Labute approximate surface area is 118 Å². The first-order valence-electron chi connectivity index (χ1n) is 4.03. The predicted octanol–water partition coefficient (Wildman–Crippen LogP) is -1.43. The van der Waals surface area contributed by atoms with Crippen molar-refractivity contribution >= 4 is 13.3 Å². The van der Waals surface area contributed by atoms with Gasteiger partial charge in [-0.15, -0.1) is 0 Å².